The van der Waals surface area contributed by atoms with Crippen LogP contribution in [0.1, 0.15) is 18.5 Å². The highest BCUT2D eigenvalue weighted by atomic mass is 35.5. The molecule has 3 nitrogen and oxygen atoms in total. The highest BCUT2D eigenvalue weighted by Gasteiger charge is 2.12. The van der Waals surface area contributed by atoms with Gasteiger partial charge in [-0.1, -0.05) is 29.8 Å². The van der Waals surface area contributed by atoms with E-state index in [9.17, 15) is 5.11 Å². The maximum atomic E-state index is 9.94. The van der Waals surface area contributed by atoms with E-state index in [4.69, 9.17) is 11.6 Å². The fourth-order valence-corrected chi connectivity index (χ4v) is 2.63. The van der Waals surface area contributed by atoms with Gasteiger partial charge in [0, 0.05) is 17.1 Å². The molecule has 0 bridgehead atoms. The first kappa shape index (κ1) is 13.7. The van der Waals surface area contributed by atoms with E-state index < -0.39 is 0 Å². The normalized spacial score (nSPS) is 12.3. The minimum atomic E-state index is -0.0439. The molecule has 3 aromatic rings. The van der Waals surface area contributed by atoms with E-state index in [1.165, 1.54) is 0 Å². The van der Waals surface area contributed by atoms with Crippen LogP contribution in [0.3, 0.4) is 0 Å². The zero-order valence-electron chi connectivity index (χ0n) is 11.5. The average molecular weight is 299 g/mol. The summed E-state index contributed by atoms with van der Waals surface area (Å²) < 4.78 is 0. The van der Waals surface area contributed by atoms with E-state index in [0.717, 1.165) is 22.2 Å². The second-order valence-corrected chi connectivity index (χ2v) is 5.33. The highest BCUT2D eigenvalue weighted by molar-refractivity contribution is 6.35. The van der Waals surface area contributed by atoms with Crippen molar-refractivity contribution >= 4 is 28.2 Å². The van der Waals surface area contributed by atoms with E-state index in [1.54, 1.807) is 12.3 Å². The Morgan fingerprint density at radius 2 is 1.90 bits per heavy atom. The van der Waals surface area contributed by atoms with E-state index in [1.807, 2.05) is 49.4 Å². The summed E-state index contributed by atoms with van der Waals surface area (Å²) in [6.45, 7) is 2.00. The van der Waals surface area contributed by atoms with Crippen molar-refractivity contribution in [3.05, 3.63) is 65.3 Å². The third kappa shape index (κ3) is 2.65. The van der Waals surface area contributed by atoms with Crippen LogP contribution in [0.5, 0.6) is 5.75 Å². The number of pyridine rings is 1. The van der Waals surface area contributed by atoms with Gasteiger partial charge in [-0.2, -0.15) is 0 Å². The molecule has 0 saturated heterocycles. The summed E-state index contributed by atoms with van der Waals surface area (Å²) in [5.74, 6) is 0.281. The van der Waals surface area contributed by atoms with Gasteiger partial charge in [-0.3, -0.25) is 4.98 Å². The lowest BCUT2D eigenvalue weighted by molar-refractivity contribution is 0.465. The summed E-state index contributed by atoms with van der Waals surface area (Å²) >= 11 is 6.20. The van der Waals surface area contributed by atoms with Crippen LogP contribution in [0.2, 0.25) is 5.02 Å². The van der Waals surface area contributed by atoms with Crippen LogP contribution in [-0.2, 0) is 0 Å². The quantitative estimate of drug-likeness (QED) is 0.732. The van der Waals surface area contributed by atoms with Gasteiger partial charge < -0.3 is 10.4 Å². The van der Waals surface area contributed by atoms with Gasteiger partial charge in [-0.05, 0) is 37.3 Å². The standard InChI is InChI=1S/C17H15ClN2O/c1-11(12-5-2-3-7-16(12)21)20-15-9-8-14(18)13-6-4-10-19-17(13)15/h2-11,20-21H,1H3. The lowest BCUT2D eigenvalue weighted by Gasteiger charge is -2.18. The van der Waals surface area contributed by atoms with Crippen LogP contribution in [0.4, 0.5) is 5.69 Å². The molecule has 106 valence electrons. The predicted octanol–water partition coefficient (Wildman–Crippen LogP) is 4.77. The molecule has 0 fully saturated rings. The largest absolute Gasteiger partial charge is 0.508 e. The molecule has 0 saturated carbocycles. The van der Waals surface area contributed by atoms with Gasteiger partial charge in [0.1, 0.15) is 5.75 Å². The van der Waals surface area contributed by atoms with Crippen molar-refractivity contribution in [1.82, 2.24) is 4.98 Å². The number of nitrogens with zero attached hydrogens (tertiary/aromatic N) is 1. The number of phenols is 1. The van der Waals surface area contributed by atoms with Gasteiger partial charge in [0.25, 0.3) is 0 Å². The number of fused-ring (bicyclic) bond motifs is 1. The summed E-state index contributed by atoms with van der Waals surface area (Å²) in [5.41, 5.74) is 2.56. The Morgan fingerprint density at radius 3 is 2.71 bits per heavy atom. The molecule has 0 aliphatic heterocycles. The van der Waals surface area contributed by atoms with Crippen molar-refractivity contribution in [2.24, 2.45) is 0 Å². The SMILES string of the molecule is CC(Nc1ccc(Cl)c2cccnc12)c1ccccc1O. The van der Waals surface area contributed by atoms with E-state index in [-0.39, 0.29) is 11.8 Å². The van der Waals surface area contributed by atoms with Gasteiger partial charge in [0.2, 0.25) is 0 Å². The Morgan fingerprint density at radius 1 is 1.10 bits per heavy atom. The van der Waals surface area contributed by atoms with E-state index >= 15 is 0 Å². The van der Waals surface area contributed by atoms with Crippen molar-refractivity contribution in [2.75, 3.05) is 5.32 Å². The zero-order chi connectivity index (χ0) is 14.8. The molecule has 21 heavy (non-hydrogen) atoms. The van der Waals surface area contributed by atoms with Crippen LogP contribution >= 0.6 is 11.6 Å². The van der Waals surface area contributed by atoms with Crippen molar-refractivity contribution in [2.45, 2.75) is 13.0 Å². The maximum Gasteiger partial charge on any atom is 0.120 e. The third-order valence-electron chi connectivity index (χ3n) is 3.49. The number of para-hydroxylation sites is 1. The number of hydrogen-bond acceptors (Lipinski definition) is 3. The van der Waals surface area contributed by atoms with E-state index in [0.29, 0.717) is 5.02 Å². The molecule has 0 aliphatic carbocycles. The zero-order valence-corrected chi connectivity index (χ0v) is 12.3. The molecular weight excluding hydrogens is 284 g/mol. The van der Waals surface area contributed by atoms with Crippen LogP contribution in [-0.4, -0.2) is 10.1 Å². The van der Waals surface area contributed by atoms with Crippen LogP contribution < -0.4 is 5.32 Å². The van der Waals surface area contributed by atoms with Gasteiger partial charge in [0.15, 0.2) is 0 Å². The molecule has 0 radical (unpaired) electrons. The minimum absolute atomic E-state index is 0.0439. The number of hydrogen-bond donors (Lipinski definition) is 2. The summed E-state index contributed by atoms with van der Waals surface area (Å²) in [4.78, 5) is 4.40. The third-order valence-corrected chi connectivity index (χ3v) is 3.82. The van der Waals surface area contributed by atoms with Crippen LogP contribution in [0.25, 0.3) is 10.9 Å². The number of rotatable bonds is 3. The number of aromatic nitrogens is 1. The summed E-state index contributed by atoms with van der Waals surface area (Å²) in [5, 5.41) is 14.9. The fraction of sp³-hybridized carbons (Fsp3) is 0.118. The molecule has 0 aliphatic rings. The average Bonchev–Trinajstić information content (AvgIpc) is 2.51. The topological polar surface area (TPSA) is 45.2 Å². The van der Waals surface area contributed by atoms with Crippen molar-refractivity contribution in [3.63, 3.8) is 0 Å². The first-order valence-corrected chi connectivity index (χ1v) is 7.12. The predicted molar refractivity (Wildman–Crippen MR) is 86.9 cm³/mol. The summed E-state index contributed by atoms with van der Waals surface area (Å²) in [6.07, 6.45) is 1.74. The lowest BCUT2D eigenvalue weighted by Crippen LogP contribution is -2.07. The van der Waals surface area contributed by atoms with Gasteiger partial charge in [0.05, 0.1) is 22.3 Å². The van der Waals surface area contributed by atoms with E-state index in [2.05, 4.69) is 10.3 Å². The summed E-state index contributed by atoms with van der Waals surface area (Å²) in [7, 11) is 0. The highest BCUT2D eigenvalue weighted by Crippen LogP contribution is 2.32. The molecule has 3 rings (SSSR count). The lowest BCUT2D eigenvalue weighted by atomic mass is 10.1. The van der Waals surface area contributed by atoms with Gasteiger partial charge in [-0.25, -0.2) is 0 Å². The number of phenolic OH excluding ortho intramolecular Hbond substituents is 1. The molecule has 2 aromatic carbocycles. The Balaban J connectivity index is 1.99. The molecule has 1 heterocycles. The van der Waals surface area contributed by atoms with Crippen molar-refractivity contribution < 1.29 is 5.11 Å². The number of benzene rings is 2. The molecular formula is C17H15ClN2O. The van der Waals surface area contributed by atoms with Gasteiger partial charge >= 0.3 is 0 Å². The molecule has 1 atom stereocenters. The van der Waals surface area contributed by atoms with Crippen molar-refractivity contribution in [1.29, 1.82) is 0 Å². The number of nitrogens with one attached hydrogen (secondary N) is 1. The Bertz CT molecular complexity index is 789. The second kappa shape index (κ2) is 5.62. The fourth-order valence-electron chi connectivity index (χ4n) is 2.42. The molecule has 0 amide bonds. The number of anilines is 1. The van der Waals surface area contributed by atoms with Crippen LogP contribution in [0.15, 0.2) is 54.7 Å². The smallest absolute Gasteiger partial charge is 0.120 e. The maximum absolute atomic E-state index is 9.94. The Labute approximate surface area is 128 Å². The molecule has 1 unspecified atom stereocenters. The number of halogens is 1. The van der Waals surface area contributed by atoms with Crippen molar-refractivity contribution in [3.8, 4) is 5.75 Å². The molecule has 0 spiro atoms. The minimum Gasteiger partial charge on any atom is -0.508 e. The van der Waals surface area contributed by atoms with Crippen LogP contribution in [0, 0.1) is 0 Å². The second-order valence-electron chi connectivity index (χ2n) is 4.92. The molecule has 4 heteroatoms. The summed E-state index contributed by atoms with van der Waals surface area (Å²) in [6, 6.07) is 14.8. The monoisotopic (exact) mass is 298 g/mol. The first-order chi connectivity index (χ1) is 10.2. The van der Waals surface area contributed by atoms with Gasteiger partial charge in [-0.15, -0.1) is 0 Å². The molecule has 2 N–H and O–H groups in total. The number of aromatic hydroxyl groups is 1. The molecule has 1 aromatic heterocycles. The Hall–Kier alpha value is -2.26. The first-order valence-electron chi connectivity index (χ1n) is 6.74. The Kier molecular flexibility index (Phi) is 3.67.